The molecule has 304 valence electrons. The second-order valence-electron chi connectivity index (χ2n) is 15.5. The number of piperidine rings is 1. The van der Waals surface area contributed by atoms with Crippen molar-refractivity contribution in [3.05, 3.63) is 94.9 Å². The fourth-order valence-electron chi connectivity index (χ4n) is 7.47. The standard InChI is InChI=1S/C42H50BClFN8O3PS/c1-7-28-10-11-33(23-35(28)42(43,45)57)52-39(55)41(5,6)53(40(52)58)34-19-29(8-2)38(46-24-34)56-18-17-50-13-15-51(16-14-50)25-37(54)49-32-21-30(44)20-31(22-32)48-36-12-9-26(3)47-27(36)4/h1,10-11,19-24,36,47-48H,3-4,8-9,12-18,25,43,57H2,2,5-6H3,(H,49,54). The molecule has 58 heavy (non-hydrogen) atoms. The Morgan fingerprint density at radius 3 is 2.55 bits per heavy atom. The van der Waals surface area contributed by atoms with Gasteiger partial charge in [0.25, 0.3) is 5.91 Å². The van der Waals surface area contributed by atoms with Gasteiger partial charge in [-0.2, -0.15) is 0 Å². The number of anilines is 4. The number of piperazine rings is 1. The van der Waals surface area contributed by atoms with E-state index in [-0.39, 0.29) is 35.1 Å². The van der Waals surface area contributed by atoms with E-state index in [4.69, 9.17) is 35.0 Å². The predicted octanol–water partition coefficient (Wildman–Crippen LogP) is 5.61. The number of pyridine rings is 1. The van der Waals surface area contributed by atoms with Crippen molar-refractivity contribution in [1.82, 2.24) is 20.1 Å². The Morgan fingerprint density at radius 1 is 1.17 bits per heavy atom. The maximum Gasteiger partial charge on any atom is 0.259 e. The normalized spacial score (nSPS) is 19.7. The number of aryl methyl sites for hydroxylation is 1. The first-order valence-corrected chi connectivity index (χ1v) is 20.7. The Hall–Kier alpha value is -4.51. The van der Waals surface area contributed by atoms with E-state index in [2.05, 4.69) is 59.1 Å². The molecule has 3 atom stereocenters. The number of terminal acetylenes is 1. The lowest BCUT2D eigenvalue weighted by molar-refractivity contribution is -0.120. The van der Waals surface area contributed by atoms with Crippen molar-refractivity contribution in [2.24, 2.45) is 0 Å². The highest BCUT2D eigenvalue weighted by molar-refractivity contribution is 7.81. The number of alkyl halides is 1. The van der Waals surface area contributed by atoms with E-state index >= 15 is 4.39 Å². The molecule has 3 fully saturated rings. The molecule has 3 saturated heterocycles. The molecular weight excluding hydrogens is 793 g/mol. The minimum absolute atomic E-state index is 0.0328. The maximum atomic E-state index is 15.1. The van der Waals surface area contributed by atoms with Gasteiger partial charge in [0.1, 0.15) is 17.5 Å². The number of carbonyl (C=O) groups excluding carboxylic acids is 2. The van der Waals surface area contributed by atoms with Gasteiger partial charge in [-0.3, -0.25) is 24.3 Å². The van der Waals surface area contributed by atoms with Crippen LogP contribution < -0.4 is 30.5 Å². The number of hydrogen-bond acceptors (Lipinski definition) is 9. The summed E-state index contributed by atoms with van der Waals surface area (Å²) in [5.41, 5.74) is 4.84. The van der Waals surface area contributed by atoms with Gasteiger partial charge in [-0.05, 0) is 87.8 Å². The number of thiocarbonyl (C=S) groups is 1. The van der Waals surface area contributed by atoms with E-state index in [0.717, 1.165) is 61.7 Å². The third-order valence-corrected chi connectivity index (χ3v) is 11.5. The number of halogens is 2. The number of hydrogen-bond donors (Lipinski definition) is 3. The van der Waals surface area contributed by atoms with E-state index in [1.54, 1.807) is 49.2 Å². The van der Waals surface area contributed by atoms with Crippen LogP contribution in [0, 0.1) is 12.3 Å². The first-order valence-electron chi connectivity index (χ1n) is 19.3. The number of amides is 2. The number of carbonyl (C=O) groups is 2. The fourth-order valence-corrected chi connectivity index (χ4v) is 8.47. The topological polar surface area (TPSA) is 105 Å². The predicted molar refractivity (Wildman–Crippen MR) is 242 cm³/mol. The number of rotatable bonds is 13. The third-order valence-electron chi connectivity index (χ3n) is 10.7. The minimum Gasteiger partial charge on any atom is -0.476 e. The molecular formula is C42H50BClFN8O3PS. The molecule has 16 heteroatoms. The zero-order valence-electron chi connectivity index (χ0n) is 33.5. The Morgan fingerprint density at radius 2 is 1.88 bits per heavy atom. The number of aromatic nitrogens is 1. The van der Waals surface area contributed by atoms with E-state index in [1.165, 1.54) is 12.7 Å². The molecule has 0 saturated carbocycles. The molecule has 3 aliphatic rings. The summed E-state index contributed by atoms with van der Waals surface area (Å²) in [6.07, 6.45) is 9.67. The second kappa shape index (κ2) is 17.8. The second-order valence-corrected chi connectivity index (χ2v) is 17.4. The van der Waals surface area contributed by atoms with Crippen molar-refractivity contribution in [2.75, 3.05) is 66.3 Å². The minimum atomic E-state index is -1.80. The molecule has 1 aromatic heterocycles. The number of allylic oxidation sites excluding steroid dienone is 1. The number of nitrogens with one attached hydrogen (secondary N) is 3. The Labute approximate surface area is 354 Å². The van der Waals surface area contributed by atoms with Crippen LogP contribution in [0.3, 0.4) is 0 Å². The molecule has 11 nitrogen and oxygen atoms in total. The van der Waals surface area contributed by atoms with Gasteiger partial charge in [0.15, 0.2) is 13.0 Å². The molecule has 4 heterocycles. The van der Waals surface area contributed by atoms with Crippen LogP contribution in [0.2, 0.25) is 5.02 Å². The lowest BCUT2D eigenvalue weighted by Crippen LogP contribution is -2.49. The van der Waals surface area contributed by atoms with Gasteiger partial charge in [-0.15, -0.1) is 15.7 Å². The molecule has 0 radical (unpaired) electrons. The van der Waals surface area contributed by atoms with E-state index in [1.807, 2.05) is 25.1 Å². The van der Waals surface area contributed by atoms with Crippen molar-refractivity contribution < 1.29 is 18.7 Å². The number of nitrogens with zero attached hydrogens (tertiary/aromatic N) is 5. The highest BCUT2D eigenvalue weighted by Crippen LogP contribution is 2.40. The number of benzene rings is 2. The zero-order valence-corrected chi connectivity index (χ0v) is 36.2. The van der Waals surface area contributed by atoms with Crippen molar-refractivity contribution in [2.45, 2.75) is 56.9 Å². The molecule has 0 aliphatic carbocycles. The SMILES string of the molecule is BC(F)(P)c1cc(N2C(=O)C(C)(C)N(c3cnc(OCCN4CCN(CC(=O)Nc5cc(Cl)cc(NC6CCC(=C)NC6=C)c5)CC4)c(CC)c3)C2=S)ccc1C#C. The summed E-state index contributed by atoms with van der Waals surface area (Å²) >= 11 is 12.3. The number of ether oxygens (including phenoxy) is 1. The van der Waals surface area contributed by atoms with Crippen LogP contribution in [0.15, 0.2) is 73.2 Å². The van der Waals surface area contributed by atoms with Crippen LogP contribution in [0.4, 0.5) is 27.1 Å². The fraction of sp³-hybridized carbons (Fsp3) is 0.381. The third kappa shape index (κ3) is 9.67. The van der Waals surface area contributed by atoms with E-state index in [0.29, 0.717) is 53.1 Å². The summed E-state index contributed by atoms with van der Waals surface area (Å²) in [5.74, 6) is 2.69. The molecule has 3 aromatic rings. The molecule has 0 spiro atoms. The molecule has 3 aliphatic heterocycles. The van der Waals surface area contributed by atoms with E-state index < -0.39 is 10.8 Å². The van der Waals surface area contributed by atoms with Gasteiger partial charge in [0.2, 0.25) is 11.8 Å². The van der Waals surface area contributed by atoms with Gasteiger partial charge in [-0.1, -0.05) is 37.6 Å². The highest BCUT2D eigenvalue weighted by atomic mass is 35.5. The Kier molecular flexibility index (Phi) is 13.2. The van der Waals surface area contributed by atoms with Gasteiger partial charge in [-0.25, -0.2) is 9.37 Å². The maximum absolute atomic E-state index is 15.1. The average molecular weight is 843 g/mol. The van der Waals surface area contributed by atoms with Crippen LogP contribution in [0.25, 0.3) is 0 Å². The molecule has 6 rings (SSSR count). The zero-order chi connectivity index (χ0) is 41.9. The largest absolute Gasteiger partial charge is 0.476 e. The molecule has 0 bridgehead atoms. The van der Waals surface area contributed by atoms with Crippen LogP contribution in [-0.2, 0) is 21.3 Å². The van der Waals surface area contributed by atoms with Crippen LogP contribution >= 0.6 is 33.1 Å². The van der Waals surface area contributed by atoms with Crippen molar-refractivity contribution >= 4 is 80.6 Å². The Bertz CT molecular complexity index is 2170. The van der Waals surface area contributed by atoms with Crippen molar-refractivity contribution in [1.29, 1.82) is 0 Å². The Balaban J connectivity index is 1.00. The summed E-state index contributed by atoms with van der Waals surface area (Å²) in [4.78, 5) is 39.2. The summed E-state index contributed by atoms with van der Waals surface area (Å²) in [6, 6.07) is 12.3. The van der Waals surface area contributed by atoms with E-state index in [9.17, 15) is 9.59 Å². The summed E-state index contributed by atoms with van der Waals surface area (Å²) in [7, 11) is 3.55. The molecule has 2 amide bonds. The average Bonchev–Trinajstić information content (AvgIpc) is 3.34. The summed E-state index contributed by atoms with van der Waals surface area (Å²) in [6.45, 7) is 18.2. The monoisotopic (exact) mass is 842 g/mol. The van der Waals surface area contributed by atoms with Crippen LogP contribution in [0.1, 0.15) is 50.3 Å². The van der Waals surface area contributed by atoms with Gasteiger partial charge < -0.3 is 25.6 Å². The van der Waals surface area contributed by atoms with Crippen molar-refractivity contribution in [3.63, 3.8) is 0 Å². The molecule has 2 aromatic carbocycles. The smallest absolute Gasteiger partial charge is 0.259 e. The summed E-state index contributed by atoms with van der Waals surface area (Å²) in [5, 5.41) is 8.65. The first-order chi connectivity index (χ1) is 27.5. The van der Waals surface area contributed by atoms with Crippen molar-refractivity contribution in [3.8, 4) is 18.2 Å². The quantitative estimate of drug-likeness (QED) is 0.0872. The molecule has 3 unspecified atom stereocenters. The lowest BCUT2D eigenvalue weighted by atomic mass is 9.89. The first kappa shape index (κ1) is 43.1. The van der Waals surface area contributed by atoms with Crippen LogP contribution in [-0.4, -0.2) is 97.0 Å². The lowest BCUT2D eigenvalue weighted by Gasteiger charge is -2.34. The van der Waals surface area contributed by atoms with Gasteiger partial charge in [0, 0.05) is 77.2 Å². The van der Waals surface area contributed by atoms with Gasteiger partial charge >= 0.3 is 0 Å². The van der Waals surface area contributed by atoms with Gasteiger partial charge in [0.05, 0.1) is 30.2 Å². The summed E-state index contributed by atoms with van der Waals surface area (Å²) < 4.78 is 21.3. The molecule has 3 N–H and O–H groups in total. The highest BCUT2D eigenvalue weighted by Gasteiger charge is 2.50. The van der Waals surface area contributed by atoms with Crippen LogP contribution in [0.5, 0.6) is 5.88 Å².